The van der Waals surface area contributed by atoms with Crippen LogP contribution in [-0.2, 0) is 16.0 Å². The molecule has 0 fully saturated rings. The number of carbonyl (C=O) groups is 1. The predicted molar refractivity (Wildman–Crippen MR) is 59.3 cm³/mol. The molecule has 2 aromatic rings. The second-order valence-electron chi connectivity index (χ2n) is 3.48. The molecule has 0 bridgehead atoms. The molecule has 1 N–H and O–H groups in total. The minimum Gasteiger partial charge on any atom is -0.508 e. The van der Waals surface area contributed by atoms with Gasteiger partial charge in [0.05, 0.1) is 19.2 Å². The maximum Gasteiger partial charge on any atom is 0.311 e. The van der Waals surface area contributed by atoms with E-state index in [2.05, 4.69) is 9.89 Å². The van der Waals surface area contributed by atoms with Crippen LogP contribution in [0.3, 0.4) is 0 Å². The first kappa shape index (κ1) is 11.2. The van der Waals surface area contributed by atoms with Crippen molar-refractivity contribution in [2.75, 3.05) is 7.11 Å². The highest BCUT2D eigenvalue weighted by Crippen LogP contribution is 2.22. The van der Waals surface area contributed by atoms with Crippen LogP contribution in [0, 0.1) is 0 Å². The van der Waals surface area contributed by atoms with Crippen LogP contribution in [0.4, 0.5) is 0 Å². The molecule has 5 nitrogen and oxygen atoms in total. The largest absolute Gasteiger partial charge is 0.508 e. The van der Waals surface area contributed by atoms with Gasteiger partial charge >= 0.3 is 5.97 Å². The molecule has 0 spiro atoms. The van der Waals surface area contributed by atoms with E-state index in [-0.39, 0.29) is 18.1 Å². The Labute approximate surface area is 97.6 Å². The third kappa shape index (κ3) is 2.63. The molecule has 0 radical (unpaired) electrons. The van der Waals surface area contributed by atoms with Crippen molar-refractivity contribution in [3.8, 4) is 17.1 Å². The first-order valence-corrected chi connectivity index (χ1v) is 5.01. The van der Waals surface area contributed by atoms with Crippen LogP contribution in [-0.4, -0.2) is 23.3 Å². The van der Waals surface area contributed by atoms with E-state index in [1.54, 1.807) is 30.3 Å². The number of hydrogen-bond donors (Lipinski definition) is 1. The van der Waals surface area contributed by atoms with Crippen LogP contribution in [0.5, 0.6) is 5.75 Å². The summed E-state index contributed by atoms with van der Waals surface area (Å²) < 4.78 is 9.63. The number of carbonyl (C=O) groups excluding carboxylic acids is 1. The van der Waals surface area contributed by atoms with E-state index in [4.69, 9.17) is 9.63 Å². The normalized spacial score (nSPS) is 10.2. The van der Waals surface area contributed by atoms with Crippen LogP contribution in [0.25, 0.3) is 11.3 Å². The number of esters is 1. The number of ether oxygens (including phenoxy) is 1. The van der Waals surface area contributed by atoms with E-state index in [1.807, 2.05) is 0 Å². The summed E-state index contributed by atoms with van der Waals surface area (Å²) >= 11 is 0. The van der Waals surface area contributed by atoms with Crippen molar-refractivity contribution in [1.29, 1.82) is 0 Å². The number of aromatic hydroxyl groups is 1. The summed E-state index contributed by atoms with van der Waals surface area (Å²) in [5, 5.41) is 12.9. The van der Waals surface area contributed by atoms with E-state index < -0.39 is 0 Å². The van der Waals surface area contributed by atoms with Crippen molar-refractivity contribution in [3.63, 3.8) is 0 Å². The first-order valence-electron chi connectivity index (χ1n) is 5.01. The maximum atomic E-state index is 11.0. The average molecular weight is 233 g/mol. The molecule has 1 heterocycles. The lowest BCUT2D eigenvalue weighted by Gasteiger charge is -1.94. The number of phenolic OH excluding ortho intramolecular Hbond substituents is 1. The smallest absolute Gasteiger partial charge is 0.311 e. The molecule has 2 rings (SSSR count). The van der Waals surface area contributed by atoms with Crippen LogP contribution < -0.4 is 0 Å². The van der Waals surface area contributed by atoms with Gasteiger partial charge < -0.3 is 14.4 Å². The van der Waals surface area contributed by atoms with Gasteiger partial charge in [0.2, 0.25) is 0 Å². The number of hydrogen-bond acceptors (Lipinski definition) is 5. The third-order valence-electron chi connectivity index (χ3n) is 2.26. The van der Waals surface area contributed by atoms with Crippen molar-refractivity contribution in [2.45, 2.75) is 6.42 Å². The predicted octanol–water partition coefficient (Wildman–Crippen LogP) is 1.76. The molecule has 1 aromatic carbocycles. The maximum absolute atomic E-state index is 11.0. The Hall–Kier alpha value is -2.30. The van der Waals surface area contributed by atoms with E-state index >= 15 is 0 Å². The molecule has 0 unspecified atom stereocenters. The van der Waals surface area contributed by atoms with Gasteiger partial charge in [-0.1, -0.05) is 5.16 Å². The fourth-order valence-electron chi connectivity index (χ4n) is 1.38. The Kier molecular flexibility index (Phi) is 3.09. The lowest BCUT2D eigenvalue weighted by atomic mass is 10.1. The topological polar surface area (TPSA) is 72.6 Å². The van der Waals surface area contributed by atoms with Gasteiger partial charge in [-0.2, -0.15) is 0 Å². The lowest BCUT2D eigenvalue weighted by Crippen LogP contribution is -2.04. The number of rotatable bonds is 3. The fraction of sp³-hybridized carbons (Fsp3) is 0.167. The fourth-order valence-corrected chi connectivity index (χ4v) is 1.38. The van der Waals surface area contributed by atoms with Crippen molar-refractivity contribution < 1.29 is 19.2 Å². The van der Waals surface area contributed by atoms with E-state index in [1.165, 1.54) is 7.11 Å². The van der Waals surface area contributed by atoms with Gasteiger partial charge in [0.25, 0.3) is 0 Å². The van der Waals surface area contributed by atoms with E-state index in [0.717, 1.165) is 5.56 Å². The average Bonchev–Trinajstić information content (AvgIpc) is 2.78. The molecular weight excluding hydrogens is 222 g/mol. The zero-order valence-electron chi connectivity index (χ0n) is 9.21. The van der Waals surface area contributed by atoms with Gasteiger partial charge in [-0.05, 0) is 24.3 Å². The Balaban J connectivity index is 2.18. The Morgan fingerprint density at radius 2 is 2.12 bits per heavy atom. The summed E-state index contributed by atoms with van der Waals surface area (Å²) in [6.45, 7) is 0. The zero-order valence-corrected chi connectivity index (χ0v) is 9.21. The van der Waals surface area contributed by atoms with Crippen LogP contribution >= 0.6 is 0 Å². The standard InChI is InChI=1S/C12H11NO4/c1-16-12(15)7-9-6-11(17-13-9)8-2-4-10(14)5-3-8/h2-6,14H,7H2,1H3. The zero-order chi connectivity index (χ0) is 12.3. The van der Waals surface area contributed by atoms with Crippen LogP contribution in [0.2, 0.25) is 0 Å². The molecular formula is C12H11NO4. The highest BCUT2D eigenvalue weighted by atomic mass is 16.5. The van der Waals surface area contributed by atoms with Crippen molar-refractivity contribution >= 4 is 5.97 Å². The summed E-state index contributed by atoms with van der Waals surface area (Å²) in [6.07, 6.45) is 0.0814. The molecule has 0 aliphatic rings. The number of phenols is 1. The van der Waals surface area contributed by atoms with Crippen LogP contribution in [0.1, 0.15) is 5.69 Å². The third-order valence-corrected chi connectivity index (χ3v) is 2.26. The Bertz CT molecular complexity index is 516. The molecule has 1 aromatic heterocycles. The molecule has 0 aliphatic carbocycles. The van der Waals surface area contributed by atoms with Crippen molar-refractivity contribution in [2.24, 2.45) is 0 Å². The molecule has 0 amide bonds. The number of benzene rings is 1. The molecule has 17 heavy (non-hydrogen) atoms. The van der Waals surface area contributed by atoms with Gasteiger partial charge in [-0.3, -0.25) is 4.79 Å². The Morgan fingerprint density at radius 3 is 2.76 bits per heavy atom. The summed E-state index contributed by atoms with van der Waals surface area (Å²) in [5.41, 5.74) is 1.30. The molecule has 0 saturated heterocycles. The second-order valence-corrected chi connectivity index (χ2v) is 3.48. The van der Waals surface area contributed by atoms with Gasteiger partial charge in [0, 0.05) is 11.6 Å². The lowest BCUT2D eigenvalue weighted by molar-refractivity contribution is -0.139. The van der Waals surface area contributed by atoms with Crippen molar-refractivity contribution in [1.82, 2.24) is 5.16 Å². The van der Waals surface area contributed by atoms with Crippen LogP contribution in [0.15, 0.2) is 34.9 Å². The summed E-state index contributed by atoms with van der Waals surface area (Å²) in [5.74, 6) is 0.363. The van der Waals surface area contributed by atoms with Gasteiger partial charge in [-0.15, -0.1) is 0 Å². The highest BCUT2D eigenvalue weighted by Gasteiger charge is 2.10. The molecule has 88 valence electrons. The summed E-state index contributed by atoms with van der Waals surface area (Å²) in [4.78, 5) is 11.0. The quantitative estimate of drug-likeness (QED) is 0.818. The van der Waals surface area contributed by atoms with E-state index in [0.29, 0.717) is 11.5 Å². The van der Waals surface area contributed by atoms with Gasteiger partial charge in [0.1, 0.15) is 5.75 Å². The van der Waals surface area contributed by atoms with Gasteiger partial charge in [0.15, 0.2) is 5.76 Å². The van der Waals surface area contributed by atoms with Gasteiger partial charge in [-0.25, -0.2) is 0 Å². The molecule has 5 heteroatoms. The number of nitrogens with zero attached hydrogens (tertiary/aromatic N) is 1. The SMILES string of the molecule is COC(=O)Cc1cc(-c2ccc(O)cc2)on1. The number of methoxy groups -OCH3 is 1. The molecule has 0 atom stereocenters. The van der Waals surface area contributed by atoms with E-state index in [9.17, 15) is 4.79 Å². The highest BCUT2D eigenvalue weighted by molar-refractivity contribution is 5.72. The monoisotopic (exact) mass is 233 g/mol. The first-order chi connectivity index (χ1) is 8.19. The van der Waals surface area contributed by atoms with Crippen molar-refractivity contribution in [3.05, 3.63) is 36.0 Å². The Morgan fingerprint density at radius 1 is 1.41 bits per heavy atom. The molecule has 0 saturated carbocycles. The summed E-state index contributed by atoms with van der Waals surface area (Å²) in [7, 11) is 1.32. The summed E-state index contributed by atoms with van der Waals surface area (Å²) in [6, 6.07) is 8.19. The number of aromatic nitrogens is 1. The minimum atomic E-state index is -0.365. The minimum absolute atomic E-state index is 0.0814. The second kappa shape index (κ2) is 4.69. The molecule has 0 aliphatic heterocycles.